The average molecular weight is 465 g/mol. The maximum atomic E-state index is 13.3. The molecule has 1 aliphatic carbocycles. The van der Waals surface area contributed by atoms with Gasteiger partial charge in [0.05, 0.1) is 23.3 Å². The number of H-pyrrole nitrogens is 1. The van der Waals surface area contributed by atoms with Crippen molar-refractivity contribution in [1.29, 1.82) is 5.26 Å². The first-order valence-electron chi connectivity index (χ1n) is 11.6. The molecule has 6 rings (SSSR count). The Balaban J connectivity index is 1.23. The highest BCUT2D eigenvalue weighted by molar-refractivity contribution is 5.91. The number of benzene rings is 2. The molecule has 1 fully saturated rings. The van der Waals surface area contributed by atoms with E-state index in [-0.39, 0.29) is 17.9 Å². The molecule has 2 amide bonds. The predicted molar refractivity (Wildman–Crippen MR) is 131 cm³/mol. The fraction of sp³-hybridized carbons (Fsp3) is 0.269. The topological polar surface area (TPSA) is 123 Å². The molecule has 1 aliphatic heterocycles. The van der Waals surface area contributed by atoms with Gasteiger partial charge in [-0.3, -0.25) is 5.10 Å². The number of fused-ring (bicyclic) bond motifs is 2. The third kappa shape index (κ3) is 3.54. The van der Waals surface area contributed by atoms with Crippen LogP contribution in [0.3, 0.4) is 0 Å². The van der Waals surface area contributed by atoms with Crippen LogP contribution in [0.1, 0.15) is 48.8 Å². The molecule has 3 N–H and O–H groups in total. The molecule has 2 aromatic heterocycles. The summed E-state index contributed by atoms with van der Waals surface area (Å²) in [6, 6.07) is 19.9. The Labute approximate surface area is 202 Å². The van der Waals surface area contributed by atoms with Crippen LogP contribution in [-0.2, 0) is 12.1 Å². The van der Waals surface area contributed by atoms with Gasteiger partial charge in [-0.2, -0.15) is 10.4 Å². The molecule has 4 aromatic rings. The van der Waals surface area contributed by atoms with Crippen LogP contribution in [0.4, 0.5) is 16.4 Å². The van der Waals surface area contributed by atoms with Crippen molar-refractivity contribution in [2.24, 2.45) is 0 Å². The number of nitrogens with one attached hydrogen (secondary N) is 3. The average Bonchev–Trinajstić information content (AvgIpc) is 3.42. The monoisotopic (exact) mass is 464 g/mol. The molecule has 0 radical (unpaired) electrons. The molecule has 0 saturated heterocycles. The lowest BCUT2D eigenvalue weighted by Crippen LogP contribution is -2.47. The minimum absolute atomic E-state index is 0.0807. The molecule has 2 aliphatic rings. The van der Waals surface area contributed by atoms with Gasteiger partial charge in [0.25, 0.3) is 0 Å². The van der Waals surface area contributed by atoms with Gasteiger partial charge in [-0.1, -0.05) is 42.5 Å². The third-order valence-corrected chi connectivity index (χ3v) is 6.98. The number of nitrogens with zero attached hydrogens (tertiary/aromatic N) is 5. The van der Waals surface area contributed by atoms with Crippen molar-refractivity contribution in [3.8, 4) is 6.07 Å². The van der Waals surface area contributed by atoms with E-state index in [4.69, 9.17) is 0 Å². The van der Waals surface area contributed by atoms with Gasteiger partial charge in [0.1, 0.15) is 11.9 Å². The Bertz CT molecular complexity index is 1490. The molecule has 9 nitrogen and oxygen atoms in total. The Morgan fingerprint density at radius 1 is 1.11 bits per heavy atom. The summed E-state index contributed by atoms with van der Waals surface area (Å²) in [5.74, 6) is 1.54. The van der Waals surface area contributed by atoms with E-state index >= 15 is 0 Å². The van der Waals surface area contributed by atoms with E-state index in [0.29, 0.717) is 29.6 Å². The molecular formula is C26H24N8O. The second-order valence-corrected chi connectivity index (χ2v) is 9.53. The van der Waals surface area contributed by atoms with Gasteiger partial charge in [0.15, 0.2) is 5.82 Å². The number of urea groups is 1. The number of amides is 2. The highest BCUT2D eigenvalue weighted by atomic mass is 16.2. The van der Waals surface area contributed by atoms with E-state index in [1.807, 2.05) is 67.3 Å². The molecule has 2 aromatic carbocycles. The molecule has 174 valence electrons. The van der Waals surface area contributed by atoms with Crippen LogP contribution in [-0.4, -0.2) is 37.1 Å². The van der Waals surface area contributed by atoms with Crippen molar-refractivity contribution in [3.05, 3.63) is 77.2 Å². The predicted octanol–water partition coefficient (Wildman–Crippen LogP) is 4.28. The van der Waals surface area contributed by atoms with Gasteiger partial charge in [-0.05, 0) is 38.0 Å². The van der Waals surface area contributed by atoms with Crippen molar-refractivity contribution < 1.29 is 4.79 Å². The number of nitriles is 1. The van der Waals surface area contributed by atoms with Gasteiger partial charge >= 0.3 is 6.03 Å². The van der Waals surface area contributed by atoms with Crippen molar-refractivity contribution in [2.45, 2.75) is 44.3 Å². The lowest BCUT2D eigenvalue weighted by Gasteiger charge is -2.32. The standard InChI is InChI=1S/C26H24N8O/c1-26(2)22-18(14-34(26)25(35)29-20-12-17(20)15-8-4-3-5-9-15)24(33-32-22)31-23-16-10-6-7-11-19(16)28-21(13-27)30-23/h3-11,17,20H,12,14H2,1-2H3,(H,29,35)(H2,28,30,31,32,33). The van der Waals surface area contributed by atoms with Gasteiger partial charge in [-0.15, -0.1) is 0 Å². The zero-order valence-electron chi connectivity index (χ0n) is 19.4. The fourth-order valence-electron chi connectivity index (χ4n) is 4.94. The second kappa shape index (κ2) is 7.81. The molecule has 3 heterocycles. The van der Waals surface area contributed by atoms with Gasteiger partial charge in [0.2, 0.25) is 5.82 Å². The number of aromatic nitrogens is 4. The molecule has 2 unspecified atom stereocenters. The molecule has 1 saturated carbocycles. The first-order valence-corrected chi connectivity index (χ1v) is 11.6. The Kier molecular flexibility index (Phi) is 4.71. The van der Waals surface area contributed by atoms with E-state index < -0.39 is 5.54 Å². The maximum Gasteiger partial charge on any atom is 0.318 e. The van der Waals surface area contributed by atoms with Crippen LogP contribution >= 0.6 is 0 Å². The number of rotatable bonds is 4. The van der Waals surface area contributed by atoms with Crippen molar-refractivity contribution >= 4 is 28.6 Å². The summed E-state index contributed by atoms with van der Waals surface area (Å²) in [5, 5.41) is 24.2. The first kappa shape index (κ1) is 21.1. The zero-order valence-corrected chi connectivity index (χ0v) is 19.4. The van der Waals surface area contributed by atoms with E-state index in [0.717, 1.165) is 23.1 Å². The largest absolute Gasteiger partial charge is 0.335 e. The Morgan fingerprint density at radius 2 is 1.89 bits per heavy atom. The van der Waals surface area contributed by atoms with Crippen molar-refractivity contribution in [2.75, 3.05) is 5.32 Å². The normalized spacial score (nSPS) is 19.7. The summed E-state index contributed by atoms with van der Waals surface area (Å²) in [6.45, 7) is 4.43. The van der Waals surface area contributed by atoms with Crippen LogP contribution in [0.15, 0.2) is 54.6 Å². The summed E-state index contributed by atoms with van der Waals surface area (Å²) in [4.78, 5) is 23.8. The van der Waals surface area contributed by atoms with Crippen LogP contribution < -0.4 is 10.6 Å². The van der Waals surface area contributed by atoms with Gasteiger partial charge in [0, 0.05) is 22.9 Å². The number of carbonyl (C=O) groups is 1. The number of aromatic amines is 1. The minimum atomic E-state index is -0.560. The number of hydrogen-bond acceptors (Lipinski definition) is 6. The summed E-state index contributed by atoms with van der Waals surface area (Å²) >= 11 is 0. The quantitative estimate of drug-likeness (QED) is 0.414. The van der Waals surface area contributed by atoms with E-state index in [9.17, 15) is 10.1 Å². The molecular weight excluding hydrogens is 440 g/mol. The molecule has 35 heavy (non-hydrogen) atoms. The number of hydrogen-bond donors (Lipinski definition) is 3. The van der Waals surface area contributed by atoms with Crippen LogP contribution in [0.5, 0.6) is 0 Å². The summed E-state index contributed by atoms with van der Waals surface area (Å²) in [7, 11) is 0. The highest BCUT2D eigenvalue weighted by Crippen LogP contribution is 2.44. The number of carbonyl (C=O) groups excluding carboxylic acids is 1. The van der Waals surface area contributed by atoms with Crippen molar-refractivity contribution in [1.82, 2.24) is 30.4 Å². The lowest BCUT2D eigenvalue weighted by molar-refractivity contribution is 0.142. The second-order valence-electron chi connectivity index (χ2n) is 9.53. The van der Waals surface area contributed by atoms with Gasteiger partial charge in [-0.25, -0.2) is 14.8 Å². The van der Waals surface area contributed by atoms with E-state index in [1.54, 1.807) is 0 Å². The van der Waals surface area contributed by atoms with Gasteiger partial charge < -0.3 is 15.5 Å². The number of para-hydroxylation sites is 1. The maximum absolute atomic E-state index is 13.3. The molecule has 0 bridgehead atoms. The van der Waals surface area contributed by atoms with E-state index in [1.165, 1.54) is 5.56 Å². The van der Waals surface area contributed by atoms with Crippen LogP contribution in [0.25, 0.3) is 10.9 Å². The molecule has 2 atom stereocenters. The number of anilines is 2. The van der Waals surface area contributed by atoms with Crippen LogP contribution in [0, 0.1) is 11.3 Å². The minimum Gasteiger partial charge on any atom is -0.335 e. The summed E-state index contributed by atoms with van der Waals surface area (Å²) in [5.41, 5.74) is 3.15. The fourth-order valence-corrected chi connectivity index (χ4v) is 4.94. The SMILES string of the molecule is CC1(C)c2[nH]nc(Nc3nc(C#N)nc4ccccc34)c2CN1C(=O)NC1CC1c1ccccc1. The lowest BCUT2D eigenvalue weighted by atomic mass is 10.0. The summed E-state index contributed by atoms with van der Waals surface area (Å²) in [6.07, 6.45) is 0.950. The van der Waals surface area contributed by atoms with Crippen molar-refractivity contribution in [3.63, 3.8) is 0 Å². The third-order valence-electron chi connectivity index (χ3n) is 6.98. The molecule has 0 spiro atoms. The Morgan fingerprint density at radius 3 is 2.69 bits per heavy atom. The highest BCUT2D eigenvalue weighted by Gasteiger charge is 2.46. The summed E-state index contributed by atoms with van der Waals surface area (Å²) < 4.78 is 0. The Hall–Kier alpha value is -4.45. The van der Waals surface area contributed by atoms with E-state index in [2.05, 4.69) is 42.9 Å². The smallest absolute Gasteiger partial charge is 0.318 e. The zero-order chi connectivity index (χ0) is 24.2. The molecule has 9 heteroatoms. The first-order chi connectivity index (χ1) is 17.0. The van der Waals surface area contributed by atoms with Crippen LogP contribution in [0.2, 0.25) is 0 Å².